The van der Waals surface area contributed by atoms with Crippen LogP contribution in [0.5, 0.6) is 0 Å². The molecule has 0 aliphatic heterocycles. The number of carbonyl (C=O) groups is 1. The number of anilines is 1. The predicted octanol–water partition coefficient (Wildman–Crippen LogP) is 4.28. The third-order valence-corrected chi connectivity index (χ3v) is 3.42. The van der Waals surface area contributed by atoms with Crippen molar-refractivity contribution >= 4 is 23.2 Å². The lowest BCUT2D eigenvalue weighted by atomic mass is 10.1. The van der Waals surface area contributed by atoms with E-state index in [1.807, 2.05) is 45.0 Å². The smallest absolute Gasteiger partial charge is 0.224 e. The van der Waals surface area contributed by atoms with Gasteiger partial charge in [0.05, 0.1) is 11.4 Å². The molecule has 2 aromatic rings. The van der Waals surface area contributed by atoms with Crippen molar-refractivity contribution in [1.29, 1.82) is 0 Å². The van der Waals surface area contributed by atoms with Crippen molar-refractivity contribution in [2.75, 3.05) is 5.32 Å². The first kappa shape index (κ1) is 15.6. The second kappa shape index (κ2) is 6.76. The lowest BCUT2D eigenvalue weighted by Crippen LogP contribution is -2.15. The summed E-state index contributed by atoms with van der Waals surface area (Å²) in [5.41, 5.74) is 3.37. The molecule has 21 heavy (non-hydrogen) atoms. The zero-order valence-electron chi connectivity index (χ0n) is 12.5. The first-order valence-corrected chi connectivity index (χ1v) is 7.52. The van der Waals surface area contributed by atoms with E-state index in [4.69, 9.17) is 11.6 Å². The van der Waals surface area contributed by atoms with Gasteiger partial charge in [-0.3, -0.25) is 9.89 Å². The normalized spacial score (nSPS) is 10.9. The number of nitrogens with zero attached hydrogens (tertiary/aromatic N) is 1. The Balaban J connectivity index is 2.32. The summed E-state index contributed by atoms with van der Waals surface area (Å²) < 4.78 is 0. The summed E-state index contributed by atoms with van der Waals surface area (Å²) in [6.07, 6.45) is 1.27. The first-order chi connectivity index (χ1) is 10.0. The summed E-state index contributed by atoms with van der Waals surface area (Å²) in [4.78, 5) is 12.1. The fourth-order valence-electron chi connectivity index (χ4n) is 2.15. The number of benzene rings is 1. The van der Waals surface area contributed by atoms with Crippen molar-refractivity contribution in [3.8, 4) is 11.3 Å². The van der Waals surface area contributed by atoms with Crippen molar-refractivity contribution in [1.82, 2.24) is 10.2 Å². The number of rotatable bonds is 5. The minimum Gasteiger partial charge on any atom is -0.323 e. The highest BCUT2D eigenvalue weighted by Crippen LogP contribution is 2.30. The molecule has 0 saturated heterocycles. The molecule has 1 heterocycles. The van der Waals surface area contributed by atoms with E-state index in [0.717, 1.165) is 29.1 Å². The minimum absolute atomic E-state index is 0.0105. The van der Waals surface area contributed by atoms with Crippen LogP contribution >= 0.6 is 11.6 Å². The Kier molecular flexibility index (Phi) is 5.02. The summed E-state index contributed by atoms with van der Waals surface area (Å²) in [5.74, 6) is 0.331. The van der Waals surface area contributed by atoms with Gasteiger partial charge in [0.15, 0.2) is 0 Å². The molecule has 0 aliphatic rings. The molecule has 112 valence electrons. The van der Waals surface area contributed by atoms with Gasteiger partial charge in [-0.15, -0.1) is 0 Å². The number of H-pyrrole nitrogens is 1. The van der Waals surface area contributed by atoms with Gasteiger partial charge in [0, 0.05) is 17.0 Å². The molecular weight excluding hydrogens is 286 g/mol. The maximum atomic E-state index is 12.1. The number of aromatic nitrogens is 2. The van der Waals surface area contributed by atoms with Crippen molar-refractivity contribution in [3.63, 3.8) is 0 Å². The number of hydrogen-bond acceptors (Lipinski definition) is 2. The van der Waals surface area contributed by atoms with Crippen LogP contribution < -0.4 is 5.32 Å². The Hall–Kier alpha value is -1.81. The van der Waals surface area contributed by atoms with E-state index in [-0.39, 0.29) is 5.91 Å². The standard InChI is InChI=1S/C16H20ClN3O/c1-4-13-16(18-14(21)9-10(2)3)15(20-19-13)11-5-7-12(17)8-6-11/h5-8,10H,4,9H2,1-3H3,(H,18,21)(H,19,20). The van der Waals surface area contributed by atoms with Crippen LogP contribution in [-0.4, -0.2) is 16.1 Å². The number of aromatic amines is 1. The number of nitrogens with one attached hydrogen (secondary N) is 2. The maximum absolute atomic E-state index is 12.1. The van der Waals surface area contributed by atoms with Gasteiger partial charge in [-0.2, -0.15) is 5.10 Å². The van der Waals surface area contributed by atoms with E-state index in [1.165, 1.54) is 0 Å². The van der Waals surface area contributed by atoms with Crippen molar-refractivity contribution < 1.29 is 4.79 Å². The number of halogens is 1. The molecule has 0 fully saturated rings. The molecule has 2 N–H and O–H groups in total. The molecule has 4 nitrogen and oxygen atoms in total. The van der Waals surface area contributed by atoms with Crippen LogP contribution in [-0.2, 0) is 11.2 Å². The molecule has 0 unspecified atom stereocenters. The molecule has 1 aromatic heterocycles. The van der Waals surface area contributed by atoms with E-state index in [0.29, 0.717) is 17.4 Å². The second-order valence-electron chi connectivity index (χ2n) is 5.43. The van der Waals surface area contributed by atoms with Gasteiger partial charge < -0.3 is 5.32 Å². The van der Waals surface area contributed by atoms with Crippen molar-refractivity contribution in [3.05, 3.63) is 35.0 Å². The van der Waals surface area contributed by atoms with Crippen LogP contribution in [0.2, 0.25) is 5.02 Å². The van der Waals surface area contributed by atoms with Crippen LogP contribution in [0.15, 0.2) is 24.3 Å². The molecule has 0 saturated carbocycles. The predicted molar refractivity (Wildman–Crippen MR) is 86.5 cm³/mol. The Morgan fingerprint density at radius 3 is 2.57 bits per heavy atom. The molecule has 0 bridgehead atoms. The number of amides is 1. The molecule has 2 rings (SSSR count). The van der Waals surface area contributed by atoms with Gasteiger partial charge >= 0.3 is 0 Å². The summed E-state index contributed by atoms with van der Waals surface area (Å²) in [5, 5.41) is 11.0. The lowest BCUT2D eigenvalue weighted by molar-refractivity contribution is -0.116. The Morgan fingerprint density at radius 2 is 2.00 bits per heavy atom. The third kappa shape index (κ3) is 3.85. The summed E-state index contributed by atoms with van der Waals surface area (Å²) in [6.45, 7) is 6.07. The van der Waals surface area contributed by atoms with Gasteiger partial charge in [0.2, 0.25) is 5.91 Å². The highest BCUT2D eigenvalue weighted by molar-refractivity contribution is 6.30. The average molecular weight is 306 g/mol. The molecule has 0 spiro atoms. The largest absolute Gasteiger partial charge is 0.323 e. The highest BCUT2D eigenvalue weighted by atomic mass is 35.5. The monoisotopic (exact) mass is 305 g/mol. The quantitative estimate of drug-likeness (QED) is 0.866. The Bertz CT molecular complexity index is 617. The van der Waals surface area contributed by atoms with E-state index in [1.54, 1.807) is 0 Å². The summed E-state index contributed by atoms with van der Waals surface area (Å²) in [7, 11) is 0. The molecule has 1 aromatic carbocycles. The van der Waals surface area contributed by atoms with Gasteiger partial charge in [0.25, 0.3) is 0 Å². The molecular formula is C16H20ClN3O. The fourth-order valence-corrected chi connectivity index (χ4v) is 2.27. The van der Waals surface area contributed by atoms with Crippen LogP contribution in [0, 0.1) is 5.92 Å². The maximum Gasteiger partial charge on any atom is 0.224 e. The zero-order chi connectivity index (χ0) is 15.4. The first-order valence-electron chi connectivity index (χ1n) is 7.14. The third-order valence-electron chi connectivity index (χ3n) is 3.17. The van der Waals surface area contributed by atoms with Gasteiger partial charge in [0.1, 0.15) is 5.69 Å². The summed E-state index contributed by atoms with van der Waals surface area (Å²) in [6, 6.07) is 7.43. The van der Waals surface area contributed by atoms with Crippen LogP contribution in [0.3, 0.4) is 0 Å². The molecule has 0 atom stereocenters. The Morgan fingerprint density at radius 1 is 1.33 bits per heavy atom. The van der Waals surface area contributed by atoms with E-state index in [9.17, 15) is 4.79 Å². The Labute approximate surface area is 129 Å². The van der Waals surface area contributed by atoms with Crippen molar-refractivity contribution in [2.45, 2.75) is 33.6 Å². The van der Waals surface area contributed by atoms with E-state index < -0.39 is 0 Å². The molecule has 0 aliphatic carbocycles. The van der Waals surface area contributed by atoms with Crippen LogP contribution in [0.4, 0.5) is 5.69 Å². The fraction of sp³-hybridized carbons (Fsp3) is 0.375. The topological polar surface area (TPSA) is 57.8 Å². The number of carbonyl (C=O) groups excluding carboxylic acids is 1. The van der Waals surface area contributed by atoms with Crippen LogP contribution in [0.1, 0.15) is 32.9 Å². The van der Waals surface area contributed by atoms with Gasteiger partial charge in [-0.1, -0.05) is 44.5 Å². The zero-order valence-corrected chi connectivity index (χ0v) is 13.3. The van der Waals surface area contributed by atoms with Gasteiger partial charge in [-0.25, -0.2) is 0 Å². The van der Waals surface area contributed by atoms with E-state index in [2.05, 4.69) is 15.5 Å². The highest BCUT2D eigenvalue weighted by Gasteiger charge is 2.16. The minimum atomic E-state index is 0.0105. The van der Waals surface area contributed by atoms with Crippen LogP contribution in [0.25, 0.3) is 11.3 Å². The molecule has 1 amide bonds. The van der Waals surface area contributed by atoms with E-state index >= 15 is 0 Å². The molecule has 5 heteroatoms. The average Bonchev–Trinajstić information content (AvgIpc) is 2.81. The number of hydrogen-bond donors (Lipinski definition) is 2. The number of aryl methyl sites for hydroxylation is 1. The molecule has 0 radical (unpaired) electrons. The van der Waals surface area contributed by atoms with Gasteiger partial charge in [-0.05, 0) is 24.5 Å². The second-order valence-corrected chi connectivity index (χ2v) is 5.87. The summed E-state index contributed by atoms with van der Waals surface area (Å²) >= 11 is 5.92. The SMILES string of the molecule is CCc1[nH]nc(-c2ccc(Cl)cc2)c1NC(=O)CC(C)C. The lowest BCUT2D eigenvalue weighted by Gasteiger charge is -2.09. The van der Waals surface area contributed by atoms with Crippen molar-refractivity contribution in [2.24, 2.45) is 5.92 Å².